The zero-order chi connectivity index (χ0) is 39.3. The fourth-order valence-electron chi connectivity index (χ4n) is 7.58. The van der Waals surface area contributed by atoms with Crippen LogP contribution in [0.3, 0.4) is 0 Å². The quantitative estimate of drug-likeness (QED) is 0.0932. The topological polar surface area (TPSA) is 141 Å². The van der Waals surface area contributed by atoms with Gasteiger partial charge in [0.15, 0.2) is 6.23 Å². The number of fused-ring (bicyclic) bond motifs is 2. The van der Waals surface area contributed by atoms with E-state index >= 15 is 0 Å². The third kappa shape index (κ3) is 8.09. The van der Waals surface area contributed by atoms with Crippen molar-refractivity contribution in [3.63, 3.8) is 0 Å². The molecule has 1 N–H and O–H groups in total. The zero-order valence-electron chi connectivity index (χ0n) is 32.5. The normalized spacial score (nSPS) is 24.3. The number of nitrogens with one attached hydrogen (secondary N) is 1. The Kier molecular flexibility index (Phi) is 12.8. The van der Waals surface area contributed by atoms with E-state index in [9.17, 15) is 14.9 Å². The number of urea groups is 1. The highest BCUT2D eigenvalue weighted by Crippen LogP contribution is 2.55. The predicted octanol–water partition coefficient (Wildman–Crippen LogP) is 6.36. The molecule has 2 bridgehead atoms. The number of nitriles is 1. The van der Waals surface area contributed by atoms with Crippen molar-refractivity contribution in [2.45, 2.75) is 82.8 Å². The van der Waals surface area contributed by atoms with E-state index in [1.165, 1.54) is 4.90 Å². The van der Waals surface area contributed by atoms with Crippen LogP contribution < -0.4 is 14.8 Å². The summed E-state index contributed by atoms with van der Waals surface area (Å²) in [6.07, 6.45) is -2.22. The lowest BCUT2D eigenvalue weighted by molar-refractivity contribution is -0.212. The molecular formula is C41H51N4O9P. The fraction of sp³-hybridized carbons (Fsp3) is 0.488. The van der Waals surface area contributed by atoms with Crippen LogP contribution in [0.5, 0.6) is 11.5 Å². The largest absolute Gasteiger partial charge is 0.497 e. The number of hydrogen-bond acceptors (Lipinski definition) is 11. The Hall–Kier alpha value is -4.12. The minimum absolute atomic E-state index is 0.0349. The van der Waals surface area contributed by atoms with Gasteiger partial charge >= 0.3 is 6.03 Å². The van der Waals surface area contributed by atoms with E-state index in [1.807, 2.05) is 78.9 Å². The average Bonchev–Trinajstić information content (AvgIpc) is 3.68. The van der Waals surface area contributed by atoms with Crippen molar-refractivity contribution in [1.29, 1.82) is 5.26 Å². The molecule has 3 aliphatic rings. The molecule has 0 radical (unpaired) electrons. The van der Waals surface area contributed by atoms with Crippen LogP contribution in [0.15, 0.2) is 78.9 Å². The van der Waals surface area contributed by atoms with Gasteiger partial charge in [-0.15, -0.1) is 0 Å². The summed E-state index contributed by atoms with van der Waals surface area (Å²) < 4.78 is 47.5. The monoisotopic (exact) mass is 774 g/mol. The maximum absolute atomic E-state index is 13.4. The number of carbonyl (C=O) groups is 2. The van der Waals surface area contributed by atoms with Crippen molar-refractivity contribution in [2.75, 3.05) is 40.6 Å². The minimum atomic E-state index is -1.75. The summed E-state index contributed by atoms with van der Waals surface area (Å²) in [5.74, 6) is 0.575. The molecule has 3 fully saturated rings. The molecule has 3 amide bonds. The molecule has 0 saturated carbocycles. The van der Waals surface area contributed by atoms with Crippen molar-refractivity contribution < 1.29 is 42.3 Å². The first kappa shape index (κ1) is 40.5. The fourth-order valence-corrected chi connectivity index (χ4v) is 9.39. The molecule has 3 aromatic rings. The number of methoxy groups -OCH3 is 2. The second-order valence-corrected chi connectivity index (χ2v) is 16.0. The summed E-state index contributed by atoms with van der Waals surface area (Å²) in [4.78, 5) is 27.4. The van der Waals surface area contributed by atoms with E-state index in [4.69, 9.17) is 32.7 Å². The van der Waals surface area contributed by atoms with Crippen LogP contribution in [-0.4, -0.2) is 98.2 Å². The van der Waals surface area contributed by atoms with E-state index in [2.05, 4.69) is 43.8 Å². The van der Waals surface area contributed by atoms with Crippen LogP contribution in [0.4, 0.5) is 4.79 Å². The Balaban J connectivity index is 1.46. The van der Waals surface area contributed by atoms with Crippen LogP contribution in [0.2, 0.25) is 0 Å². The number of hydrogen-bond donors (Lipinski definition) is 1. The van der Waals surface area contributed by atoms with E-state index in [1.54, 1.807) is 21.1 Å². The van der Waals surface area contributed by atoms with E-state index in [-0.39, 0.29) is 50.8 Å². The molecular weight excluding hydrogens is 723 g/mol. The summed E-state index contributed by atoms with van der Waals surface area (Å²) in [6, 6.07) is 27.1. The highest BCUT2D eigenvalue weighted by atomic mass is 31.2. The van der Waals surface area contributed by atoms with Crippen LogP contribution in [0.1, 0.15) is 57.7 Å². The molecule has 55 heavy (non-hydrogen) atoms. The van der Waals surface area contributed by atoms with Gasteiger partial charge in [0.2, 0.25) is 5.91 Å². The summed E-state index contributed by atoms with van der Waals surface area (Å²) in [7, 11) is 1.50. The van der Waals surface area contributed by atoms with Crippen LogP contribution in [0.25, 0.3) is 0 Å². The Morgan fingerprint density at radius 2 is 1.53 bits per heavy atom. The Morgan fingerprint density at radius 1 is 0.945 bits per heavy atom. The van der Waals surface area contributed by atoms with Crippen molar-refractivity contribution in [1.82, 2.24) is 14.9 Å². The molecule has 294 valence electrons. The van der Waals surface area contributed by atoms with Gasteiger partial charge in [-0.3, -0.25) is 15.0 Å². The zero-order valence-corrected chi connectivity index (χ0v) is 33.4. The molecule has 0 spiro atoms. The number of carbonyl (C=O) groups excluding carboxylic acids is 2. The molecule has 6 rings (SSSR count). The molecule has 3 saturated heterocycles. The van der Waals surface area contributed by atoms with Gasteiger partial charge in [-0.05, 0) is 68.7 Å². The van der Waals surface area contributed by atoms with Gasteiger partial charge in [0.1, 0.15) is 34.9 Å². The second-order valence-electron chi connectivity index (χ2n) is 14.6. The highest BCUT2D eigenvalue weighted by Gasteiger charge is 2.66. The standard InChI is InChI=1S/C41H51N4O9P/c1-27(2)45(28(3)4)55(52-23-11-22-42)54-36-35-38(44-24-29(5)37(46)43-39(44)47)53-40(36,25-50-35)26-51-41(30-12-9-8-10-13-30,31-14-18-33(48-6)19-15-31)32-16-20-34(49-7)21-17-32/h8-10,12-21,27-29,35-36,38H,11,23-26H2,1-7H3,(H,43,46,47)/t29?,35-,36+,38-,40-,55?/m1/s1. The first-order chi connectivity index (χ1) is 26.5. The third-order valence-electron chi connectivity index (χ3n) is 10.3. The maximum atomic E-state index is 13.4. The van der Waals surface area contributed by atoms with Gasteiger partial charge in [-0.25, -0.2) is 9.46 Å². The Bertz CT molecular complexity index is 1750. The molecule has 2 unspecified atom stereocenters. The molecule has 0 aromatic heterocycles. The van der Waals surface area contributed by atoms with Crippen molar-refractivity contribution in [3.8, 4) is 17.6 Å². The number of rotatable bonds is 17. The lowest BCUT2D eigenvalue weighted by atomic mass is 9.79. The summed E-state index contributed by atoms with van der Waals surface area (Å²) in [5, 5.41) is 11.8. The van der Waals surface area contributed by atoms with Gasteiger partial charge in [0.25, 0.3) is 8.53 Å². The molecule has 3 heterocycles. The molecule has 14 heteroatoms. The predicted molar refractivity (Wildman–Crippen MR) is 205 cm³/mol. The van der Waals surface area contributed by atoms with Gasteiger partial charge < -0.3 is 32.7 Å². The number of ether oxygens (including phenoxy) is 5. The molecule has 3 aliphatic heterocycles. The Labute approximate surface area is 324 Å². The van der Waals surface area contributed by atoms with Crippen molar-refractivity contribution >= 4 is 20.5 Å². The first-order valence-electron chi connectivity index (χ1n) is 18.6. The number of imide groups is 1. The van der Waals surface area contributed by atoms with E-state index < -0.39 is 50.1 Å². The van der Waals surface area contributed by atoms with Crippen molar-refractivity contribution in [2.24, 2.45) is 5.92 Å². The minimum Gasteiger partial charge on any atom is -0.497 e. The van der Waals surface area contributed by atoms with Gasteiger partial charge in [-0.2, -0.15) is 5.26 Å². The third-order valence-corrected chi connectivity index (χ3v) is 12.4. The van der Waals surface area contributed by atoms with E-state index in [0.29, 0.717) is 11.5 Å². The lowest BCUT2D eigenvalue weighted by Gasteiger charge is -2.42. The van der Waals surface area contributed by atoms with Gasteiger partial charge in [0.05, 0.1) is 52.4 Å². The summed E-state index contributed by atoms with van der Waals surface area (Å²) >= 11 is 0. The molecule has 3 aromatic carbocycles. The summed E-state index contributed by atoms with van der Waals surface area (Å²) in [5.41, 5.74) is 0.106. The molecule has 0 aliphatic carbocycles. The molecule has 13 nitrogen and oxygen atoms in total. The van der Waals surface area contributed by atoms with Crippen LogP contribution >= 0.6 is 8.53 Å². The number of nitrogens with zero attached hydrogens (tertiary/aromatic N) is 3. The highest BCUT2D eigenvalue weighted by molar-refractivity contribution is 7.44. The number of amides is 3. The number of benzene rings is 3. The average molecular weight is 775 g/mol. The van der Waals surface area contributed by atoms with E-state index in [0.717, 1.165) is 16.7 Å². The maximum Gasteiger partial charge on any atom is 0.326 e. The van der Waals surface area contributed by atoms with Crippen molar-refractivity contribution in [3.05, 3.63) is 95.6 Å². The van der Waals surface area contributed by atoms with Gasteiger partial charge in [0, 0.05) is 18.6 Å². The van der Waals surface area contributed by atoms with Crippen LogP contribution in [0, 0.1) is 17.2 Å². The lowest BCUT2D eigenvalue weighted by Crippen LogP contribution is -2.60. The van der Waals surface area contributed by atoms with Crippen LogP contribution in [-0.2, 0) is 33.7 Å². The summed E-state index contributed by atoms with van der Waals surface area (Å²) in [6.45, 7) is 10.4. The SMILES string of the molecule is COc1ccc(C(OC[C@@]23CO[C@@H]([C@H](N4CC(C)C(=O)NC4=O)O2)[C@@H]3OP(OCCC#N)N(C(C)C)C(C)C)(c2ccccc2)c2ccc(OC)cc2)cc1. The first-order valence-corrected chi connectivity index (χ1v) is 19.8. The Morgan fingerprint density at radius 3 is 2.07 bits per heavy atom. The smallest absolute Gasteiger partial charge is 0.326 e. The van der Waals surface area contributed by atoms with Gasteiger partial charge in [-0.1, -0.05) is 61.5 Å². The molecule has 6 atom stereocenters. The second kappa shape index (κ2) is 17.3.